The van der Waals surface area contributed by atoms with Crippen LogP contribution in [0.3, 0.4) is 0 Å². The highest BCUT2D eigenvalue weighted by atomic mass is 19.1. The SMILES string of the molecule is CCC1CCCCC1(O)Cc1cccc(OC)c1F. The Morgan fingerprint density at radius 1 is 1.42 bits per heavy atom. The average Bonchev–Trinajstić information content (AvgIpc) is 2.41. The maximum absolute atomic E-state index is 14.2. The summed E-state index contributed by atoms with van der Waals surface area (Å²) in [7, 11) is 1.46. The zero-order chi connectivity index (χ0) is 13.9. The van der Waals surface area contributed by atoms with Gasteiger partial charge < -0.3 is 9.84 Å². The number of halogens is 1. The number of aliphatic hydroxyl groups is 1. The zero-order valence-corrected chi connectivity index (χ0v) is 11.8. The molecule has 2 unspecified atom stereocenters. The van der Waals surface area contributed by atoms with E-state index in [0.717, 1.165) is 25.7 Å². The molecule has 0 aromatic heterocycles. The van der Waals surface area contributed by atoms with E-state index in [9.17, 15) is 9.50 Å². The largest absolute Gasteiger partial charge is 0.494 e. The Labute approximate surface area is 114 Å². The predicted molar refractivity (Wildman–Crippen MR) is 73.9 cm³/mol. The van der Waals surface area contributed by atoms with E-state index in [1.54, 1.807) is 18.2 Å². The van der Waals surface area contributed by atoms with Gasteiger partial charge in [-0.2, -0.15) is 0 Å². The van der Waals surface area contributed by atoms with Crippen LogP contribution in [-0.2, 0) is 6.42 Å². The number of ether oxygens (including phenoxy) is 1. The van der Waals surface area contributed by atoms with Crippen LogP contribution >= 0.6 is 0 Å². The first-order chi connectivity index (χ1) is 9.10. The molecule has 2 atom stereocenters. The van der Waals surface area contributed by atoms with Crippen LogP contribution in [0.2, 0.25) is 0 Å². The molecule has 1 aliphatic carbocycles. The summed E-state index contributed by atoms with van der Waals surface area (Å²) in [4.78, 5) is 0. The highest BCUT2D eigenvalue weighted by Crippen LogP contribution is 2.39. The lowest BCUT2D eigenvalue weighted by atomic mass is 9.71. The Kier molecular flexibility index (Phi) is 4.46. The highest BCUT2D eigenvalue weighted by molar-refractivity contribution is 5.32. The molecule has 3 heteroatoms. The van der Waals surface area contributed by atoms with Gasteiger partial charge >= 0.3 is 0 Å². The summed E-state index contributed by atoms with van der Waals surface area (Å²) in [6.45, 7) is 2.10. The van der Waals surface area contributed by atoms with E-state index in [-0.39, 0.29) is 17.5 Å². The summed E-state index contributed by atoms with van der Waals surface area (Å²) >= 11 is 0. The van der Waals surface area contributed by atoms with E-state index in [4.69, 9.17) is 4.74 Å². The third-order valence-electron chi connectivity index (χ3n) is 4.42. The first-order valence-electron chi connectivity index (χ1n) is 7.14. The molecular weight excluding hydrogens is 243 g/mol. The smallest absolute Gasteiger partial charge is 0.168 e. The van der Waals surface area contributed by atoms with Crippen molar-refractivity contribution in [1.82, 2.24) is 0 Å². The second kappa shape index (κ2) is 5.91. The second-order valence-corrected chi connectivity index (χ2v) is 5.56. The maximum atomic E-state index is 14.2. The number of methoxy groups -OCH3 is 1. The van der Waals surface area contributed by atoms with Crippen molar-refractivity contribution in [3.63, 3.8) is 0 Å². The van der Waals surface area contributed by atoms with Gasteiger partial charge in [-0.15, -0.1) is 0 Å². The van der Waals surface area contributed by atoms with Gasteiger partial charge in [0, 0.05) is 6.42 Å². The van der Waals surface area contributed by atoms with Crippen LogP contribution in [-0.4, -0.2) is 17.8 Å². The van der Waals surface area contributed by atoms with Gasteiger partial charge in [0.05, 0.1) is 12.7 Å². The fourth-order valence-corrected chi connectivity index (χ4v) is 3.29. The van der Waals surface area contributed by atoms with Gasteiger partial charge in [0.15, 0.2) is 11.6 Å². The van der Waals surface area contributed by atoms with Gasteiger partial charge in [-0.1, -0.05) is 38.3 Å². The Bertz CT molecular complexity index is 433. The van der Waals surface area contributed by atoms with E-state index in [0.29, 0.717) is 12.0 Å². The molecule has 0 radical (unpaired) electrons. The monoisotopic (exact) mass is 266 g/mol. The molecule has 0 heterocycles. The summed E-state index contributed by atoms with van der Waals surface area (Å²) in [5.74, 6) is 0.190. The fraction of sp³-hybridized carbons (Fsp3) is 0.625. The van der Waals surface area contributed by atoms with Crippen LogP contribution in [0.1, 0.15) is 44.6 Å². The summed E-state index contributed by atoms with van der Waals surface area (Å²) in [6, 6.07) is 5.14. The molecule has 0 spiro atoms. The van der Waals surface area contributed by atoms with Crippen LogP contribution < -0.4 is 4.74 Å². The van der Waals surface area contributed by atoms with Crippen molar-refractivity contribution in [3.8, 4) is 5.75 Å². The van der Waals surface area contributed by atoms with Crippen molar-refractivity contribution in [1.29, 1.82) is 0 Å². The molecule has 1 aromatic rings. The molecule has 19 heavy (non-hydrogen) atoms. The number of rotatable bonds is 4. The first kappa shape index (κ1) is 14.3. The molecule has 2 nitrogen and oxygen atoms in total. The lowest BCUT2D eigenvalue weighted by Crippen LogP contribution is -2.42. The zero-order valence-electron chi connectivity index (χ0n) is 11.8. The van der Waals surface area contributed by atoms with Crippen molar-refractivity contribution in [2.75, 3.05) is 7.11 Å². The lowest BCUT2D eigenvalue weighted by Gasteiger charge is -2.40. The summed E-state index contributed by atoms with van der Waals surface area (Å²) in [6.07, 6.45) is 5.33. The Hall–Kier alpha value is -1.09. The number of benzene rings is 1. The van der Waals surface area contributed by atoms with Crippen LogP contribution in [0.25, 0.3) is 0 Å². The Balaban J connectivity index is 2.23. The average molecular weight is 266 g/mol. The maximum Gasteiger partial charge on any atom is 0.168 e. The molecular formula is C16H23FO2. The molecule has 0 saturated heterocycles. The molecule has 1 aromatic carbocycles. The molecule has 1 N–H and O–H groups in total. The Morgan fingerprint density at radius 3 is 2.89 bits per heavy atom. The summed E-state index contributed by atoms with van der Waals surface area (Å²) in [5, 5.41) is 10.9. The van der Waals surface area contributed by atoms with E-state index in [1.165, 1.54) is 13.5 Å². The molecule has 0 amide bonds. The van der Waals surface area contributed by atoms with Crippen LogP contribution in [0, 0.1) is 11.7 Å². The minimum Gasteiger partial charge on any atom is -0.494 e. The normalized spacial score (nSPS) is 27.3. The molecule has 106 valence electrons. The van der Waals surface area contributed by atoms with Crippen LogP contribution in [0.4, 0.5) is 4.39 Å². The quantitative estimate of drug-likeness (QED) is 0.900. The molecule has 1 aliphatic rings. The van der Waals surface area contributed by atoms with E-state index < -0.39 is 5.60 Å². The molecule has 2 rings (SSSR count). The molecule has 0 bridgehead atoms. The van der Waals surface area contributed by atoms with Crippen molar-refractivity contribution < 1.29 is 14.2 Å². The van der Waals surface area contributed by atoms with Crippen molar-refractivity contribution in [2.45, 2.75) is 51.0 Å². The first-order valence-corrected chi connectivity index (χ1v) is 7.14. The summed E-state index contributed by atoms with van der Waals surface area (Å²) in [5.41, 5.74) is -0.206. The minimum absolute atomic E-state index is 0.255. The van der Waals surface area contributed by atoms with Gasteiger partial charge in [-0.05, 0) is 30.4 Å². The van der Waals surface area contributed by atoms with Gasteiger partial charge in [0.2, 0.25) is 0 Å². The number of hydrogen-bond acceptors (Lipinski definition) is 2. The van der Waals surface area contributed by atoms with Crippen molar-refractivity contribution in [3.05, 3.63) is 29.6 Å². The van der Waals surface area contributed by atoms with Gasteiger partial charge in [-0.3, -0.25) is 0 Å². The van der Waals surface area contributed by atoms with Gasteiger partial charge in [0.1, 0.15) is 0 Å². The fourth-order valence-electron chi connectivity index (χ4n) is 3.29. The van der Waals surface area contributed by atoms with E-state index in [1.807, 2.05) is 0 Å². The Morgan fingerprint density at radius 2 is 2.21 bits per heavy atom. The van der Waals surface area contributed by atoms with E-state index >= 15 is 0 Å². The van der Waals surface area contributed by atoms with Crippen LogP contribution in [0.15, 0.2) is 18.2 Å². The standard InChI is InChI=1S/C16H23FO2/c1-3-13-8-4-5-10-16(13,18)11-12-7-6-9-14(19-2)15(12)17/h6-7,9,13,18H,3-5,8,10-11H2,1-2H3. The third-order valence-corrected chi connectivity index (χ3v) is 4.42. The third kappa shape index (κ3) is 2.92. The molecule has 1 fully saturated rings. The highest BCUT2D eigenvalue weighted by Gasteiger charge is 2.38. The number of hydrogen-bond donors (Lipinski definition) is 1. The predicted octanol–water partition coefficient (Wildman–Crippen LogP) is 3.71. The molecule has 1 saturated carbocycles. The lowest BCUT2D eigenvalue weighted by molar-refractivity contribution is -0.0497. The minimum atomic E-state index is -0.764. The van der Waals surface area contributed by atoms with Gasteiger partial charge in [-0.25, -0.2) is 4.39 Å². The topological polar surface area (TPSA) is 29.5 Å². The molecule has 0 aliphatic heterocycles. The summed E-state index contributed by atoms with van der Waals surface area (Å²) < 4.78 is 19.2. The van der Waals surface area contributed by atoms with Gasteiger partial charge in [0.25, 0.3) is 0 Å². The second-order valence-electron chi connectivity index (χ2n) is 5.56. The van der Waals surface area contributed by atoms with E-state index in [2.05, 4.69) is 6.92 Å². The van der Waals surface area contributed by atoms with Crippen molar-refractivity contribution in [2.24, 2.45) is 5.92 Å². The van der Waals surface area contributed by atoms with Crippen molar-refractivity contribution >= 4 is 0 Å². The van der Waals surface area contributed by atoms with Crippen LogP contribution in [0.5, 0.6) is 5.75 Å².